The zero-order valence-corrected chi connectivity index (χ0v) is 21.7. The van der Waals surface area contributed by atoms with Gasteiger partial charge in [-0.25, -0.2) is 13.8 Å². The summed E-state index contributed by atoms with van der Waals surface area (Å²) in [5.41, 5.74) is 2.68. The number of alkyl halides is 2. The van der Waals surface area contributed by atoms with Gasteiger partial charge in [-0.3, -0.25) is 9.78 Å². The monoisotopic (exact) mass is 525 g/mol. The van der Waals surface area contributed by atoms with Crippen LogP contribution in [0.1, 0.15) is 90.6 Å². The van der Waals surface area contributed by atoms with Gasteiger partial charge in [-0.15, -0.1) is 0 Å². The Hall–Kier alpha value is -2.61. The predicted molar refractivity (Wildman–Crippen MR) is 141 cm³/mol. The molecule has 3 atom stereocenters. The lowest BCUT2D eigenvalue weighted by molar-refractivity contribution is 0.0815. The molecule has 3 aromatic rings. The molecule has 2 heterocycles. The summed E-state index contributed by atoms with van der Waals surface area (Å²) in [4.78, 5) is 23.3. The average molecular weight is 526 g/mol. The van der Waals surface area contributed by atoms with Gasteiger partial charge in [0.1, 0.15) is 0 Å². The lowest BCUT2D eigenvalue weighted by Crippen LogP contribution is -2.38. The lowest BCUT2D eigenvalue weighted by atomic mass is 9.64. The first-order valence-electron chi connectivity index (χ1n) is 13.6. The number of carbonyl (C=O) groups excluding carboxylic acids is 1. The summed E-state index contributed by atoms with van der Waals surface area (Å²) in [6.07, 6.45) is 9.59. The first-order valence-corrected chi connectivity index (χ1v) is 14.4. The summed E-state index contributed by atoms with van der Waals surface area (Å²) < 4.78 is 30.4. The molecule has 0 saturated heterocycles. The summed E-state index contributed by atoms with van der Waals surface area (Å²) in [5, 5.41) is 4.59. The van der Waals surface area contributed by atoms with E-state index in [2.05, 4.69) is 15.3 Å². The number of fused-ring (bicyclic) bond motifs is 3. The van der Waals surface area contributed by atoms with Crippen molar-refractivity contribution in [2.75, 3.05) is 6.61 Å². The van der Waals surface area contributed by atoms with Gasteiger partial charge in [0, 0.05) is 34.0 Å². The first kappa shape index (κ1) is 24.7. The second kappa shape index (κ2) is 10.6. The number of amides is 1. The van der Waals surface area contributed by atoms with E-state index >= 15 is 0 Å². The van der Waals surface area contributed by atoms with E-state index in [0.29, 0.717) is 34.4 Å². The second-order valence-electron chi connectivity index (χ2n) is 11.0. The zero-order chi connectivity index (χ0) is 25.4. The van der Waals surface area contributed by atoms with Gasteiger partial charge in [-0.2, -0.15) is 0 Å². The maximum absolute atomic E-state index is 13.0. The minimum Gasteiger partial charge on any atom is -0.464 e. The molecule has 0 spiro atoms. The van der Waals surface area contributed by atoms with Crippen molar-refractivity contribution in [3.05, 3.63) is 52.7 Å². The van der Waals surface area contributed by atoms with Gasteiger partial charge < -0.3 is 10.1 Å². The number of carbonyl (C=O) groups is 1. The molecule has 2 fully saturated rings. The molecule has 37 heavy (non-hydrogen) atoms. The maximum atomic E-state index is 13.0. The largest absolute Gasteiger partial charge is 0.464 e. The van der Waals surface area contributed by atoms with Gasteiger partial charge >= 0.3 is 0 Å². The highest BCUT2D eigenvalue weighted by Gasteiger charge is 2.42. The predicted octanol–water partition coefficient (Wildman–Crippen LogP) is 7.09. The number of benzene rings is 1. The number of thiazole rings is 1. The van der Waals surface area contributed by atoms with Crippen molar-refractivity contribution in [1.82, 2.24) is 15.3 Å². The number of ether oxygens (including phenoxy) is 1. The highest BCUT2D eigenvalue weighted by molar-refractivity contribution is 7.13. The van der Waals surface area contributed by atoms with Gasteiger partial charge in [0.05, 0.1) is 11.2 Å². The number of rotatable bonds is 8. The third-order valence-corrected chi connectivity index (χ3v) is 9.86. The van der Waals surface area contributed by atoms with E-state index in [-0.39, 0.29) is 11.9 Å². The highest BCUT2D eigenvalue weighted by atomic mass is 32.1. The number of nitrogens with one attached hydrogen (secondary N) is 1. The fraction of sp³-hybridized carbons (Fsp3) is 0.552. The number of nitrogens with zero attached hydrogens (tertiary/aromatic N) is 2. The number of aromatic nitrogens is 2. The molecule has 196 valence electrons. The summed E-state index contributed by atoms with van der Waals surface area (Å²) in [6.45, 7) is -0.576. The first-order chi connectivity index (χ1) is 18.0. The second-order valence-corrected chi connectivity index (χ2v) is 11.9. The van der Waals surface area contributed by atoms with Gasteiger partial charge in [-0.1, -0.05) is 29.9 Å². The Kier molecular flexibility index (Phi) is 7.10. The molecule has 0 radical (unpaired) electrons. The standard InChI is InChI=1S/C29H33F2N3O2S/c30-25(31)16-36-29-34-26-21-13-10-19(27(26)37-29)15-18(21)9-6-17-7-11-20(12-8-17)33-28(35)23-3-1-5-24-22(23)4-2-14-32-24/h1-5,14,17-21,25H,6-13,15-16H2,(H,33,35)/t17-,18?,19-,20-,21+/m1/s1. The molecule has 4 aliphatic rings. The number of hydrogen-bond acceptors (Lipinski definition) is 5. The topological polar surface area (TPSA) is 64.1 Å². The van der Waals surface area contributed by atoms with Crippen molar-refractivity contribution in [2.24, 2.45) is 11.8 Å². The van der Waals surface area contributed by atoms with Crippen LogP contribution < -0.4 is 10.1 Å². The van der Waals surface area contributed by atoms with Crippen LogP contribution in [0.5, 0.6) is 5.19 Å². The summed E-state index contributed by atoms with van der Waals surface area (Å²) in [5.74, 6) is 2.30. The molecular formula is C29H33F2N3O2S. The quantitative estimate of drug-likeness (QED) is 0.341. The van der Waals surface area contributed by atoms with Crippen molar-refractivity contribution >= 4 is 28.1 Å². The molecule has 8 heteroatoms. The van der Waals surface area contributed by atoms with Crippen molar-refractivity contribution in [1.29, 1.82) is 0 Å². The molecule has 4 aliphatic carbocycles. The van der Waals surface area contributed by atoms with Crippen LogP contribution in [0.4, 0.5) is 8.78 Å². The molecule has 1 unspecified atom stereocenters. The van der Waals surface area contributed by atoms with Gasteiger partial charge in [0.2, 0.25) is 0 Å². The van der Waals surface area contributed by atoms with Crippen LogP contribution in [-0.4, -0.2) is 34.9 Å². The molecular weight excluding hydrogens is 492 g/mol. The summed E-state index contributed by atoms with van der Waals surface area (Å²) >= 11 is 1.49. The Balaban J connectivity index is 0.997. The van der Waals surface area contributed by atoms with E-state index in [9.17, 15) is 13.6 Å². The molecule has 1 aromatic carbocycles. The molecule has 2 aromatic heterocycles. The molecule has 1 N–H and O–H groups in total. The zero-order valence-electron chi connectivity index (χ0n) is 20.9. The lowest BCUT2D eigenvalue weighted by Gasteiger charge is -2.42. The Morgan fingerprint density at radius 1 is 1.08 bits per heavy atom. The van der Waals surface area contributed by atoms with Crippen LogP contribution in [0.25, 0.3) is 10.9 Å². The fourth-order valence-electron chi connectivity index (χ4n) is 6.87. The SMILES string of the molecule is O=C(N[C@H]1CC[C@H](CCC2C[C@H]3CC[C@@H]2c2nc(OCC(F)F)sc23)CC1)c1cccc2ncccc12. The van der Waals surface area contributed by atoms with Crippen LogP contribution in [0.3, 0.4) is 0 Å². The molecule has 1 amide bonds. The van der Waals surface area contributed by atoms with E-state index in [4.69, 9.17) is 4.74 Å². The van der Waals surface area contributed by atoms with Crippen LogP contribution in [0.15, 0.2) is 36.5 Å². The Morgan fingerprint density at radius 2 is 1.95 bits per heavy atom. The summed E-state index contributed by atoms with van der Waals surface area (Å²) in [6, 6.07) is 9.77. The van der Waals surface area contributed by atoms with E-state index < -0.39 is 13.0 Å². The van der Waals surface area contributed by atoms with Crippen molar-refractivity contribution < 1.29 is 18.3 Å². The van der Waals surface area contributed by atoms with Crippen LogP contribution in [-0.2, 0) is 0 Å². The maximum Gasteiger partial charge on any atom is 0.273 e. The van der Waals surface area contributed by atoms with Crippen LogP contribution >= 0.6 is 11.3 Å². The van der Waals surface area contributed by atoms with E-state index in [1.54, 1.807) is 6.20 Å². The third kappa shape index (κ3) is 5.22. The van der Waals surface area contributed by atoms with Gasteiger partial charge in [0.15, 0.2) is 6.61 Å². The highest BCUT2D eigenvalue weighted by Crippen LogP contribution is 2.56. The number of hydrogen-bond donors (Lipinski definition) is 1. The fourth-order valence-corrected chi connectivity index (χ4v) is 8.01. The Labute approximate surface area is 220 Å². The van der Waals surface area contributed by atoms with Gasteiger partial charge in [0.25, 0.3) is 17.5 Å². The third-order valence-electron chi connectivity index (χ3n) is 8.72. The van der Waals surface area contributed by atoms with Crippen molar-refractivity contribution in [2.45, 2.75) is 82.1 Å². The van der Waals surface area contributed by atoms with Crippen molar-refractivity contribution in [3.8, 4) is 5.19 Å². The van der Waals surface area contributed by atoms with E-state index in [0.717, 1.165) is 48.7 Å². The van der Waals surface area contributed by atoms with Crippen LogP contribution in [0, 0.1) is 11.8 Å². The normalized spacial score (nSPS) is 26.8. The number of halogens is 2. The number of pyridine rings is 1. The van der Waals surface area contributed by atoms with Crippen LogP contribution in [0.2, 0.25) is 0 Å². The smallest absolute Gasteiger partial charge is 0.273 e. The molecule has 2 bridgehead atoms. The average Bonchev–Trinajstić information content (AvgIpc) is 3.38. The summed E-state index contributed by atoms with van der Waals surface area (Å²) in [7, 11) is 0. The van der Waals surface area contributed by atoms with Gasteiger partial charge in [-0.05, 0) is 87.3 Å². The van der Waals surface area contributed by atoms with Crippen molar-refractivity contribution in [3.63, 3.8) is 0 Å². The van der Waals surface area contributed by atoms with E-state index in [1.807, 2.05) is 30.3 Å². The molecule has 7 rings (SSSR count). The Bertz CT molecular complexity index is 1250. The molecule has 5 nitrogen and oxygen atoms in total. The molecule has 2 saturated carbocycles. The molecule has 0 aliphatic heterocycles. The minimum atomic E-state index is -2.47. The van der Waals surface area contributed by atoms with E-state index in [1.165, 1.54) is 41.9 Å². The minimum absolute atomic E-state index is 0.00348. The Morgan fingerprint density at radius 3 is 2.78 bits per heavy atom.